The molecule has 0 aromatic carbocycles. The molecule has 3 N–H and O–H groups in total. The number of nitrogens with zero attached hydrogens (tertiary/aromatic N) is 2. The topological polar surface area (TPSA) is 98.0 Å². The summed E-state index contributed by atoms with van der Waals surface area (Å²) in [5.41, 5.74) is 3.58. The largest absolute Gasteiger partial charge is 0.308 e. The summed E-state index contributed by atoms with van der Waals surface area (Å²) in [6.45, 7) is 0. The van der Waals surface area contributed by atoms with Crippen LogP contribution in [-0.4, -0.2) is 29.9 Å². The zero-order valence-corrected chi connectivity index (χ0v) is 12.2. The number of aromatic nitrogens is 2. The number of hydrogen-bond donors (Lipinski definition) is 2. The fourth-order valence-corrected chi connectivity index (χ4v) is 4.91. The summed E-state index contributed by atoms with van der Waals surface area (Å²) in [6, 6.07) is 1.89. The Morgan fingerprint density at radius 2 is 1.90 bits per heavy atom. The Balaban J connectivity index is 1.92. The van der Waals surface area contributed by atoms with E-state index in [1.807, 2.05) is 6.07 Å². The molecular weight excluding hydrogens is 276 g/mol. The van der Waals surface area contributed by atoms with E-state index in [-0.39, 0.29) is 17.4 Å². The molecule has 6 nitrogen and oxygen atoms in total. The molecule has 2 aliphatic rings. The van der Waals surface area contributed by atoms with Crippen LogP contribution in [0.1, 0.15) is 55.5 Å². The van der Waals surface area contributed by atoms with Crippen molar-refractivity contribution >= 4 is 15.7 Å². The fourth-order valence-electron chi connectivity index (χ4n) is 3.17. The van der Waals surface area contributed by atoms with Gasteiger partial charge in [-0.3, -0.25) is 0 Å². The van der Waals surface area contributed by atoms with Gasteiger partial charge in [0.2, 0.25) is 0 Å². The van der Waals surface area contributed by atoms with Gasteiger partial charge in [0.25, 0.3) is 0 Å². The molecule has 0 bridgehead atoms. The van der Waals surface area contributed by atoms with Gasteiger partial charge in [0.05, 0.1) is 11.5 Å². The van der Waals surface area contributed by atoms with Gasteiger partial charge in [-0.25, -0.2) is 24.2 Å². The SMILES string of the molecule is NNc1cc(C2CCCC2)nc(C2CCS(=O)(=O)C2)n1. The van der Waals surface area contributed by atoms with Gasteiger partial charge in [-0.1, -0.05) is 12.8 Å². The number of hydrazine groups is 1. The molecule has 0 radical (unpaired) electrons. The standard InChI is InChI=1S/C13H20N4O2S/c14-17-12-7-11(9-3-1-2-4-9)15-13(16-12)10-5-6-20(18,19)8-10/h7,9-10H,1-6,8,14H2,(H,15,16,17). The lowest BCUT2D eigenvalue weighted by atomic mass is 10.0. The third-order valence-electron chi connectivity index (χ3n) is 4.28. The van der Waals surface area contributed by atoms with Crippen LogP contribution < -0.4 is 11.3 Å². The summed E-state index contributed by atoms with van der Waals surface area (Å²) in [7, 11) is -2.93. The molecular formula is C13H20N4O2S. The van der Waals surface area contributed by atoms with E-state index in [2.05, 4.69) is 15.4 Å². The summed E-state index contributed by atoms with van der Waals surface area (Å²) < 4.78 is 23.2. The number of anilines is 1. The average Bonchev–Trinajstić information content (AvgIpc) is 3.07. The van der Waals surface area contributed by atoms with Crippen LogP contribution in [0.5, 0.6) is 0 Å². The number of nitrogen functional groups attached to an aromatic ring is 1. The van der Waals surface area contributed by atoms with Crippen molar-refractivity contribution in [2.45, 2.75) is 43.9 Å². The Kier molecular flexibility index (Phi) is 3.64. The molecule has 1 saturated carbocycles. The molecule has 0 amide bonds. The zero-order chi connectivity index (χ0) is 14.2. The lowest BCUT2D eigenvalue weighted by Crippen LogP contribution is -2.15. The normalized spacial score (nSPS) is 25.9. The number of sulfone groups is 1. The Labute approximate surface area is 119 Å². The first-order valence-corrected chi connectivity index (χ1v) is 8.95. The monoisotopic (exact) mass is 296 g/mol. The summed E-state index contributed by atoms with van der Waals surface area (Å²) in [4.78, 5) is 9.00. The summed E-state index contributed by atoms with van der Waals surface area (Å²) >= 11 is 0. The maximum absolute atomic E-state index is 11.6. The van der Waals surface area contributed by atoms with Gasteiger partial charge in [0, 0.05) is 23.6 Å². The van der Waals surface area contributed by atoms with Gasteiger partial charge in [-0.05, 0) is 19.3 Å². The summed E-state index contributed by atoms with van der Waals surface area (Å²) in [5, 5.41) is 0. The molecule has 1 aliphatic carbocycles. The number of nitrogens with one attached hydrogen (secondary N) is 1. The van der Waals surface area contributed by atoms with Crippen molar-refractivity contribution in [1.82, 2.24) is 9.97 Å². The van der Waals surface area contributed by atoms with Crippen molar-refractivity contribution in [3.63, 3.8) is 0 Å². The third kappa shape index (κ3) is 2.78. The highest BCUT2D eigenvalue weighted by Gasteiger charge is 2.32. The molecule has 1 aromatic heterocycles. The summed E-state index contributed by atoms with van der Waals surface area (Å²) in [6.07, 6.45) is 5.35. The molecule has 1 aromatic rings. The van der Waals surface area contributed by atoms with E-state index in [1.54, 1.807) is 0 Å². The highest BCUT2D eigenvalue weighted by atomic mass is 32.2. The minimum Gasteiger partial charge on any atom is -0.308 e. The van der Waals surface area contributed by atoms with Crippen molar-refractivity contribution < 1.29 is 8.42 Å². The van der Waals surface area contributed by atoms with E-state index in [9.17, 15) is 8.42 Å². The molecule has 1 atom stereocenters. The average molecular weight is 296 g/mol. The smallest absolute Gasteiger partial charge is 0.151 e. The van der Waals surface area contributed by atoms with Gasteiger partial charge in [0.15, 0.2) is 9.84 Å². The predicted octanol–water partition coefficient (Wildman–Crippen LogP) is 1.32. The van der Waals surface area contributed by atoms with E-state index in [0.717, 1.165) is 18.5 Å². The molecule has 7 heteroatoms. The maximum atomic E-state index is 11.6. The Bertz CT molecular complexity index is 596. The second kappa shape index (κ2) is 5.29. The van der Waals surface area contributed by atoms with Crippen LogP contribution in [-0.2, 0) is 9.84 Å². The van der Waals surface area contributed by atoms with Crippen LogP contribution in [0.3, 0.4) is 0 Å². The number of rotatable bonds is 3. The summed E-state index contributed by atoms with van der Waals surface area (Å²) in [5.74, 6) is 7.46. The molecule has 1 saturated heterocycles. The Hall–Kier alpha value is -1.21. The highest BCUT2D eigenvalue weighted by molar-refractivity contribution is 7.91. The van der Waals surface area contributed by atoms with Crippen LogP contribution in [0.25, 0.3) is 0 Å². The first-order valence-electron chi connectivity index (χ1n) is 7.13. The van der Waals surface area contributed by atoms with Gasteiger partial charge >= 0.3 is 0 Å². The molecule has 20 heavy (non-hydrogen) atoms. The lowest BCUT2D eigenvalue weighted by Gasteiger charge is -2.14. The highest BCUT2D eigenvalue weighted by Crippen LogP contribution is 2.35. The molecule has 3 rings (SSSR count). The molecule has 1 unspecified atom stereocenters. The Morgan fingerprint density at radius 3 is 2.50 bits per heavy atom. The van der Waals surface area contributed by atoms with Crippen molar-refractivity contribution in [2.24, 2.45) is 5.84 Å². The van der Waals surface area contributed by atoms with E-state index >= 15 is 0 Å². The molecule has 2 heterocycles. The van der Waals surface area contributed by atoms with Crippen LogP contribution in [0.15, 0.2) is 6.07 Å². The van der Waals surface area contributed by atoms with Gasteiger partial charge in [-0.2, -0.15) is 0 Å². The van der Waals surface area contributed by atoms with Crippen molar-refractivity contribution in [1.29, 1.82) is 0 Å². The first kappa shape index (κ1) is 13.8. The molecule has 110 valence electrons. The quantitative estimate of drug-likeness (QED) is 0.645. The maximum Gasteiger partial charge on any atom is 0.151 e. The van der Waals surface area contributed by atoms with Crippen LogP contribution in [0, 0.1) is 0 Å². The van der Waals surface area contributed by atoms with E-state index in [4.69, 9.17) is 5.84 Å². The van der Waals surface area contributed by atoms with Crippen molar-refractivity contribution in [3.8, 4) is 0 Å². The van der Waals surface area contributed by atoms with E-state index < -0.39 is 9.84 Å². The van der Waals surface area contributed by atoms with Crippen LogP contribution in [0.4, 0.5) is 5.82 Å². The van der Waals surface area contributed by atoms with Gasteiger partial charge < -0.3 is 5.43 Å². The number of nitrogens with two attached hydrogens (primary N) is 1. The van der Waals surface area contributed by atoms with E-state index in [1.165, 1.54) is 12.8 Å². The molecule has 1 aliphatic heterocycles. The predicted molar refractivity (Wildman–Crippen MR) is 77.1 cm³/mol. The minimum absolute atomic E-state index is 0.0894. The first-order chi connectivity index (χ1) is 9.57. The zero-order valence-electron chi connectivity index (χ0n) is 11.4. The lowest BCUT2D eigenvalue weighted by molar-refractivity contribution is 0.600. The third-order valence-corrected chi connectivity index (χ3v) is 6.05. The van der Waals surface area contributed by atoms with Crippen LogP contribution >= 0.6 is 0 Å². The van der Waals surface area contributed by atoms with Crippen LogP contribution in [0.2, 0.25) is 0 Å². The minimum atomic E-state index is -2.93. The van der Waals surface area contributed by atoms with E-state index in [0.29, 0.717) is 24.0 Å². The Morgan fingerprint density at radius 1 is 1.15 bits per heavy atom. The number of hydrogen-bond acceptors (Lipinski definition) is 6. The molecule has 2 fully saturated rings. The second-order valence-electron chi connectivity index (χ2n) is 5.76. The van der Waals surface area contributed by atoms with Gasteiger partial charge in [0.1, 0.15) is 11.6 Å². The van der Waals surface area contributed by atoms with Crippen molar-refractivity contribution in [3.05, 3.63) is 17.6 Å². The fraction of sp³-hybridized carbons (Fsp3) is 0.692. The van der Waals surface area contributed by atoms with Crippen molar-refractivity contribution in [2.75, 3.05) is 16.9 Å². The molecule has 0 spiro atoms. The second-order valence-corrected chi connectivity index (χ2v) is 7.99. The van der Waals surface area contributed by atoms with Gasteiger partial charge in [-0.15, -0.1) is 0 Å².